The van der Waals surface area contributed by atoms with E-state index in [1.54, 1.807) is 67.8 Å². The number of pyridine rings is 1. The number of hydrogen-bond acceptors (Lipinski definition) is 6. The lowest BCUT2D eigenvalue weighted by atomic mass is 9.99. The lowest BCUT2D eigenvalue weighted by molar-refractivity contribution is -0.140. The van der Waals surface area contributed by atoms with Gasteiger partial charge in [-0.2, -0.15) is 0 Å². The quantitative estimate of drug-likeness (QED) is 0.207. The molecule has 1 atom stereocenters. The normalized spacial score (nSPS) is 16.8. The second kappa shape index (κ2) is 10.1. The lowest BCUT2D eigenvalue weighted by Gasteiger charge is -2.23. The van der Waals surface area contributed by atoms with Crippen LogP contribution in [0.3, 0.4) is 0 Å². The number of carbonyl (C=O) groups excluding carboxylic acids is 2. The van der Waals surface area contributed by atoms with Crippen LogP contribution in [0, 0.1) is 13.8 Å². The number of aliphatic hydroxyl groups is 1. The fourth-order valence-corrected chi connectivity index (χ4v) is 4.46. The van der Waals surface area contributed by atoms with Gasteiger partial charge in [-0.25, -0.2) is 0 Å². The number of aliphatic hydroxyl groups excluding tert-OH is 1. The molecule has 0 unspecified atom stereocenters. The third kappa shape index (κ3) is 5.02. The Bertz CT molecular complexity index is 1470. The Hall–Kier alpha value is -4.65. The van der Waals surface area contributed by atoms with E-state index in [0.717, 1.165) is 16.7 Å². The van der Waals surface area contributed by atoms with Gasteiger partial charge in [0.2, 0.25) is 0 Å². The molecule has 37 heavy (non-hydrogen) atoms. The van der Waals surface area contributed by atoms with Gasteiger partial charge in [-0.3, -0.25) is 14.6 Å². The standard InChI is InChI=1S/C30H26N2O5/c1-19-4-3-5-22(16-19)18-36-24-9-7-23(8-10-24)28(33)26-27(25-11-6-20(2)37-25)32(30(35)29(26)34)17-21-12-14-31-15-13-21/h3-16,27,33H,17-18H2,1-2H3/b28-26+/t27-/m1/s1. The van der Waals surface area contributed by atoms with Crippen LogP contribution in [-0.4, -0.2) is 26.7 Å². The number of ketones is 1. The first-order chi connectivity index (χ1) is 17.9. The molecule has 7 heteroatoms. The average molecular weight is 495 g/mol. The van der Waals surface area contributed by atoms with E-state index in [-0.39, 0.29) is 17.9 Å². The summed E-state index contributed by atoms with van der Waals surface area (Å²) in [4.78, 5) is 31.7. The average Bonchev–Trinajstić information content (AvgIpc) is 3.44. The number of aryl methyl sites for hydroxylation is 2. The van der Waals surface area contributed by atoms with E-state index in [9.17, 15) is 14.7 Å². The first kappa shape index (κ1) is 24.1. The highest BCUT2D eigenvalue weighted by Crippen LogP contribution is 2.41. The third-order valence-corrected chi connectivity index (χ3v) is 6.29. The van der Waals surface area contributed by atoms with E-state index in [0.29, 0.717) is 29.4 Å². The van der Waals surface area contributed by atoms with E-state index in [4.69, 9.17) is 9.15 Å². The number of Topliss-reactive ketones (excluding diaryl/α,β-unsaturated/α-hetero) is 1. The van der Waals surface area contributed by atoms with Gasteiger partial charge in [0, 0.05) is 24.5 Å². The van der Waals surface area contributed by atoms with E-state index < -0.39 is 17.7 Å². The summed E-state index contributed by atoms with van der Waals surface area (Å²) in [7, 11) is 0. The zero-order valence-corrected chi connectivity index (χ0v) is 20.5. The van der Waals surface area contributed by atoms with E-state index in [2.05, 4.69) is 11.1 Å². The predicted molar refractivity (Wildman–Crippen MR) is 137 cm³/mol. The summed E-state index contributed by atoms with van der Waals surface area (Å²) in [5.74, 6) is -0.0554. The smallest absolute Gasteiger partial charge is 0.296 e. The highest BCUT2D eigenvalue weighted by Gasteiger charge is 2.47. The number of nitrogens with zero attached hydrogens (tertiary/aromatic N) is 2. The Morgan fingerprint density at radius 2 is 1.73 bits per heavy atom. The fourth-order valence-electron chi connectivity index (χ4n) is 4.46. The number of benzene rings is 2. The summed E-state index contributed by atoms with van der Waals surface area (Å²) in [6, 6.07) is 21.0. The Labute approximate surface area is 214 Å². The van der Waals surface area contributed by atoms with E-state index in [1.807, 2.05) is 25.1 Å². The number of aromatic nitrogens is 1. The summed E-state index contributed by atoms with van der Waals surface area (Å²) < 4.78 is 11.7. The molecule has 0 aliphatic carbocycles. The van der Waals surface area contributed by atoms with Gasteiger partial charge in [0.1, 0.15) is 35.7 Å². The van der Waals surface area contributed by atoms with Crippen LogP contribution in [0.2, 0.25) is 0 Å². The number of likely N-dealkylation sites (tertiary alicyclic amines) is 1. The molecule has 1 aliphatic rings. The Morgan fingerprint density at radius 3 is 2.41 bits per heavy atom. The molecule has 0 spiro atoms. The molecule has 1 amide bonds. The van der Waals surface area contributed by atoms with Gasteiger partial charge in [-0.1, -0.05) is 29.8 Å². The highest BCUT2D eigenvalue weighted by atomic mass is 16.5. The van der Waals surface area contributed by atoms with Crippen molar-refractivity contribution in [2.75, 3.05) is 0 Å². The van der Waals surface area contributed by atoms with E-state index in [1.165, 1.54) is 4.90 Å². The molecule has 0 radical (unpaired) electrons. The Kier molecular flexibility index (Phi) is 6.60. The minimum Gasteiger partial charge on any atom is -0.507 e. The zero-order chi connectivity index (χ0) is 25.9. The van der Waals surface area contributed by atoms with Gasteiger partial charge < -0.3 is 19.2 Å². The zero-order valence-electron chi connectivity index (χ0n) is 20.5. The second-order valence-electron chi connectivity index (χ2n) is 9.03. The second-order valence-corrected chi connectivity index (χ2v) is 9.03. The van der Waals surface area contributed by atoms with Crippen molar-refractivity contribution in [1.82, 2.24) is 9.88 Å². The monoisotopic (exact) mass is 494 g/mol. The fraction of sp³-hybridized carbons (Fsp3) is 0.167. The van der Waals surface area contributed by atoms with Crippen molar-refractivity contribution < 1.29 is 23.8 Å². The third-order valence-electron chi connectivity index (χ3n) is 6.29. The molecule has 5 rings (SSSR count). The topological polar surface area (TPSA) is 92.9 Å². The van der Waals surface area contributed by atoms with Gasteiger partial charge in [0.25, 0.3) is 11.7 Å². The van der Waals surface area contributed by atoms with Crippen molar-refractivity contribution >= 4 is 17.4 Å². The first-order valence-corrected chi connectivity index (χ1v) is 11.9. The molecule has 186 valence electrons. The van der Waals surface area contributed by atoms with Crippen LogP contribution in [-0.2, 0) is 22.7 Å². The van der Waals surface area contributed by atoms with Crippen molar-refractivity contribution in [1.29, 1.82) is 0 Å². The van der Waals surface area contributed by atoms with Crippen molar-refractivity contribution in [3.05, 3.63) is 125 Å². The minimum atomic E-state index is -0.862. The van der Waals surface area contributed by atoms with Gasteiger partial charge in [0.15, 0.2) is 0 Å². The molecule has 1 fully saturated rings. The van der Waals surface area contributed by atoms with Crippen LogP contribution in [0.5, 0.6) is 5.75 Å². The molecular weight excluding hydrogens is 468 g/mol. The molecule has 3 heterocycles. The van der Waals surface area contributed by atoms with Gasteiger partial charge >= 0.3 is 0 Å². The van der Waals surface area contributed by atoms with Crippen molar-refractivity contribution in [3.63, 3.8) is 0 Å². The lowest BCUT2D eigenvalue weighted by Crippen LogP contribution is -2.29. The van der Waals surface area contributed by atoms with Gasteiger partial charge in [0.05, 0.1) is 5.57 Å². The van der Waals surface area contributed by atoms with Gasteiger partial charge in [-0.05, 0) is 73.5 Å². The number of furan rings is 1. The van der Waals surface area contributed by atoms with E-state index >= 15 is 0 Å². The van der Waals surface area contributed by atoms with Crippen LogP contribution >= 0.6 is 0 Å². The Morgan fingerprint density at radius 1 is 0.973 bits per heavy atom. The number of carbonyl (C=O) groups is 2. The maximum atomic E-state index is 13.2. The van der Waals surface area contributed by atoms with Crippen LogP contribution in [0.4, 0.5) is 0 Å². The summed E-state index contributed by atoms with van der Waals surface area (Å²) in [6.07, 6.45) is 3.25. The molecule has 0 bridgehead atoms. The van der Waals surface area contributed by atoms with Crippen molar-refractivity contribution in [3.8, 4) is 5.75 Å². The molecule has 1 saturated heterocycles. The van der Waals surface area contributed by atoms with Crippen LogP contribution < -0.4 is 4.74 Å². The predicted octanol–water partition coefficient (Wildman–Crippen LogP) is 5.49. The molecule has 2 aromatic heterocycles. The summed E-state index contributed by atoms with van der Waals surface area (Å²) >= 11 is 0. The summed E-state index contributed by atoms with van der Waals surface area (Å²) in [5, 5.41) is 11.2. The number of amides is 1. The highest BCUT2D eigenvalue weighted by molar-refractivity contribution is 6.46. The first-order valence-electron chi connectivity index (χ1n) is 11.9. The van der Waals surface area contributed by atoms with Crippen molar-refractivity contribution in [2.24, 2.45) is 0 Å². The van der Waals surface area contributed by atoms with Crippen molar-refractivity contribution in [2.45, 2.75) is 33.0 Å². The van der Waals surface area contributed by atoms with Crippen LogP contribution in [0.25, 0.3) is 5.76 Å². The number of rotatable bonds is 7. The Balaban J connectivity index is 1.45. The molecular formula is C30H26N2O5. The molecule has 0 saturated carbocycles. The largest absolute Gasteiger partial charge is 0.507 e. The minimum absolute atomic E-state index is 0.0122. The maximum absolute atomic E-state index is 13.2. The summed E-state index contributed by atoms with van der Waals surface area (Å²) in [6.45, 7) is 4.39. The molecule has 7 nitrogen and oxygen atoms in total. The number of ether oxygens (including phenoxy) is 1. The van der Waals surface area contributed by atoms with Gasteiger partial charge in [-0.15, -0.1) is 0 Å². The maximum Gasteiger partial charge on any atom is 0.296 e. The molecule has 4 aromatic rings. The van der Waals surface area contributed by atoms with Crippen LogP contribution in [0.15, 0.2) is 95.2 Å². The van der Waals surface area contributed by atoms with Crippen LogP contribution in [0.1, 0.15) is 39.8 Å². The molecule has 2 aromatic carbocycles. The molecule has 1 aliphatic heterocycles. The summed E-state index contributed by atoms with van der Waals surface area (Å²) in [5.41, 5.74) is 3.40. The SMILES string of the molecule is Cc1cccc(COc2ccc(/C(O)=C3\C(=O)C(=O)N(Cc4ccncc4)[C@@H]3c3ccc(C)o3)cc2)c1. The molecule has 1 N–H and O–H groups in total. The number of hydrogen-bond donors (Lipinski definition) is 1.